The minimum atomic E-state index is -0.193. The third-order valence-electron chi connectivity index (χ3n) is 2.86. The average molecular weight is 240 g/mol. The average Bonchev–Trinajstić information content (AvgIpc) is 2.78. The normalized spacial score (nSPS) is 16.3. The Balaban J connectivity index is 1.87. The molecule has 1 amide bonds. The number of hydrogen-bond acceptors (Lipinski definition) is 3. The molecule has 1 aromatic rings. The molecule has 1 fully saturated rings. The summed E-state index contributed by atoms with van der Waals surface area (Å²) in [5, 5.41) is 3.11. The summed E-state index contributed by atoms with van der Waals surface area (Å²) >= 11 is 5.66. The van der Waals surface area contributed by atoms with E-state index in [-0.39, 0.29) is 16.8 Å². The lowest BCUT2D eigenvalue weighted by molar-refractivity contribution is 0.0942. The largest absolute Gasteiger partial charge is 0.350 e. The van der Waals surface area contributed by atoms with Crippen LogP contribution in [0.1, 0.15) is 36.2 Å². The monoisotopic (exact) mass is 239 g/mol. The van der Waals surface area contributed by atoms with E-state index < -0.39 is 0 Å². The van der Waals surface area contributed by atoms with E-state index in [0.717, 1.165) is 6.54 Å². The molecular formula is C11H14ClN3O. The SMILES string of the molecule is O=C(NCC1CCCC1)c1cncc(Cl)n1. The number of carbonyl (C=O) groups is 1. The maximum Gasteiger partial charge on any atom is 0.271 e. The summed E-state index contributed by atoms with van der Waals surface area (Å²) in [5.41, 5.74) is 0.283. The fraction of sp³-hybridized carbons (Fsp3) is 0.545. The first-order valence-corrected chi connectivity index (χ1v) is 5.89. The van der Waals surface area contributed by atoms with Crippen molar-refractivity contribution in [1.29, 1.82) is 0 Å². The lowest BCUT2D eigenvalue weighted by atomic mass is 10.1. The predicted molar refractivity (Wildman–Crippen MR) is 61.3 cm³/mol. The van der Waals surface area contributed by atoms with E-state index in [0.29, 0.717) is 5.92 Å². The molecule has 1 aromatic heterocycles. The number of nitrogens with one attached hydrogen (secondary N) is 1. The van der Waals surface area contributed by atoms with Gasteiger partial charge in [0.05, 0.1) is 12.4 Å². The lowest BCUT2D eigenvalue weighted by Crippen LogP contribution is -2.29. The summed E-state index contributed by atoms with van der Waals surface area (Å²) in [6, 6.07) is 0. The van der Waals surface area contributed by atoms with Crippen LogP contribution in [0, 0.1) is 5.92 Å². The molecule has 0 bridgehead atoms. The van der Waals surface area contributed by atoms with Gasteiger partial charge in [0, 0.05) is 6.54 Å². The van der Waals surface area contributed by atoms with Crippen molar-refractivity contribution in [3.8, 4) is 0 Å². The summed E-state index contributed by atoms with van der Waals surface area (Å²) in [5.74, 6) is 0.429. The van der Waals surface area contributed by atoms with Crippen molar-refractivity contribution in [2.45, 2.75) is 25.7 Å². The van der Waals surface area contributed by atoms with Gasteiger partial charge in [-0.05, 0) is 18.8 Å². The first kappa shape index (κ1) is 11.3. The van der Waals surface area contributed by atoms with E-state index in [1.165, 1.54) is 38.1 Å². The van der Waals surface area contributed by atoms with Crippen molar-refractivity contribution < 1.29 is 4.79 Å². The second kappa shape index (κ2) is 5.25. The first-order chi connectivity index (χ1) is 7.75. The van der Waals surface area contributed by atoms with Crippen molar-refractivity contribution in [1.82, 2.24) is 15.3 Å². The van der Waals surface area contributed by atoms with Crippen molar-refractivity contribution in [2.75, 3.05) is 6.54 Å². The van der Waals surface area contributed by atoms with Crippen LogP contribution in [0.4, 0.5) is 0 Å². The second-order valence-electron chi connectivity index (χ2n) is 4.09. The van der Waals surface area contributed by atoms with Crippen molar-refractivity contribution >= 4 is 17.5 Å². The van der Waals surface area contributed by atoms with Gasteiger partial charge in [-0.15, -0.1) is 0 Å². The molecular weight excluding hydrogens is 226 g/mol. The number of aromatic nitrogens is 2. The minimum Gasteiger partial charge on any atom is -0.350 e. The number of halogens is 1. The predicted octanol–water partition coefficient (Wildman–Crippen LogP) is 2.05. The summed E-state index contributed by atoms with van der Waals surface area (Å²) in [6.45, 7) is 0.729. The molecule has 1 aliphatic rings. The molecule has 1 heterocycles. The minimum absolute atomic E-state index is 0.193. The number of amides is 1. The van der Waals surface area contributed by atoms with E-state index >= 15 is 0 Å². The van der Waals surface area contributed by atoms with E-state index in [9.17, 15) is 4.79 Å². The van der Waals surface area contributed by atoms with Gasteiger partial charge in [-0.3, -0.25) is 9.78 Å². The van der Waals surface area contributed by atoms with Crippen molar-refractivity contribution in [3.05, 3.63) is 23.2 Å². The molecule has 5 heteroatoms. The summed E-state index contributed by atoms with van der Waals surface area (Å²) in [4.78, 5) is 19.4. The Morgan fingerprint density at radius 2 is 2.19 bits per heavy atom. The Morgan fingerprint density at radius 3 is 2.88 bits per heavy atom. The maximum absolute atomic E-state index is 11.7. The summed E-state index contributed by atoms with van der Waals surface area (Å²) in [6.07, 6.45) is 7.81. The molecule has 0 unspecified atom stereocenters. The third kappa shape index (κ3) is 2.92. The quantitative estimate of drug-likeness (QED) is 0.878. The molecule has 1 aliphatic carbocycles. The number of rotatable bonds is 3. The Kier molecular flexibility index (Phi) is 3.72. The number of carbonyl (C=O) groups excluding carboxylic acids is 1. The molecule has 0 atom stereocenters. The lowest BCUT2D eigenvalue weighted by Gasteiger charge is -2.09. The van der Waals surface area contributed by atoms with E-state index in [1.807, 2.05) is 0 Å². The van der Waals surface area contributed by atoms with Crippen LogP contribution in [0.3, 0.4) is 0 Å². The van der Waals surface area contributed by atoms with Gasteiger partial charge in [0.1, 0.15) is 10.8 Å². The van der Waals surface area contributed by atoms with Crippen LogP contribution in [0.25, 0.3) is 0 Å². The van der Waals surface area contributed by atoms with Crippen LogP contribution in [0.15, 0.2) is 12.4 Å². The number of hydrogen-bond donors (Lipinski definition) is 1. The van der Waals surface area contributed by atoms with Gasteiger partial charge in [-0.25, -0.2) is 4.98 Å². The van der Waals surface area contributed by atoms with Crippen LogP contribution in [0.2, 0.25) is 5.15 Å². The molecule has 1 N–H and O–H groups in total. The molecule has 86 valence electrons. The molecule has 0 aromatic carbocycles. The Morgan fingerprint density at radius 1 is 1.44 bits per heavy atom. The highest BCUT2D eigenvalue weighted by molar-refractivity contribution is 6.29. The molecule has 2 rings (SSSR count). The van der Waals surface area contributed by atoms with Crippen molar-refractivity contribution in [2.24, 2.45) is 5.92 Å². The van der Waals surface area contributed by atoms with Crippen LogP contribution in [-0.2, 0) is 0 Å². The standard InChI is InChI=1S/C11H14ClN3O/c12-10-7-13-6-9(15-10)11(16)14-5-8-3-1-2-4-8/h6-8H,1-5H2,(H,14,16). The molecule has 0 saturated heterocycles. The Bertz CT molecular complexity index is 377. The van der Waals surface area contributed by atoms with E-state index in [1.54, 1.807) is 0 Å². The van der Waals surface area contributed by atoms with Crippen LogP contribution >= 0.6 is 11.6 Å². The number of nitrogens with zero attached hydrogens (tertiary/aromatic N) is 2. The zero-order valence-electron chi connectivity index (χ0n) is 8.95. The zero-order valence-corrected chi connectivity index (χ0v) is 9.70. The van der Waals surface area contributed by atoms with Gasteiger partial charge >= 0.3 is 0 Å². The third-order valence-corrected chi connectivity index (χ3v) is 3.05. The van der Waals surface area contributed by atoms with E-state index in [2.05, 4.69) is 15.3 Å². The molecule has 0 radical (unpaired) electrons. The van der Waals surface area contributed by atoms with Crippen molar-refractivity contribution in [3.63, 3.8) is 0 Å². The van der Waals surface area contributed by atoms with Crippen LogP contribution < -0.4 is 5.32 Å². The van der Waals surface area contributed by atoms with Gasteiger partial charge in [-0.1, -0.05) is 24.4 Å². The molecule has 0 spiro atoms. The molecule has 1 saturated carbocycles. The summed E-state index contributed by atoms with van der Waals surface area (Å²) in [7, 11) is 0. The van der Waals surface area contributed by atoms with Gasteiger partial charge in [0.15, 0.2) is 0 Å². The zero-order chi connectivity index (χ0) is 11.4. The van der Waals surface area contributed by atoms with Gasteiger partial charge < -0.3 is 5.32 Å². The molecule has 0 aliphatic heterocycles. The molecule has 16 heavy (non-hydrogen) atoms. The first-order valence-electron chi connectivity index (χ1n) is 5.51. The van der Waals surface area contributed by atoms with E-state index in [4.69, 9.17) is 11.6 Å². The fourth-order valence-electron chi connectivity index (χ4n) is 1.99. The highest BCUT2D eigenvalue weighted by atomic mass is 35.5. The highest BCUT2D eigenvalue weighted by Gasteiger charge is 2.16. The topological polar surface area (TPSA) is 54.9 Å². The van der Waals surface area contributed by atoms with Crippen LogP contribution in [0.5, 0.6) is 0 Å². The van der Waals surface area contributed by atoms with Gasteiger partial charge in [0.2, 0.25) is 0 Å². The second-order valence-corrected chi connectivity index (χ2v) is 4.47. The van der Waals surface area contributed by atoms with Gasteiger partial charge in [0.25, 0.3) is 5.91 Å². The summed E-state index contributed by atoms with van der Waals surface area (Å²) < 4.78 is 0. The fourth-order valence-corrected chi connectivity index (χ4v) is 2.14. The molecule has 4 nitrogen and oxygen atoms in total. The maximum atomic E-state index is 11.7. The van der Waals surface area contributed by atoms with Crippen LogP contribution in [-0.4, -0.2) is 22.4 Å². The van der Waals surface area contributed by atoms with Gasteiger partial charge in [-0.2, -0.15) is 0 Å². The highest BCUT2D eigenvalue weighted by Crippen LogP contribution is 2.23. The smallest absolute Gasteiger partial charge is 0.271 e. The Labute approximate surface area is 99.4 Å². The Hall–Kier alpha value is -1.16.